The molecule has 0 saturated carbocycles. The molecule has 5 nitrogen and oxygen atoms in total. The lowest BCUT2D eigenvalue weighted by Gasteiger charge is -2.11. The van der Waals surface area contributed by atoms with Gasteiger partial charge in [-0.15, -0.1) is 21.5 Å². The number of fused-ring (bicyclic) bond motifs is 3. The summed E-state index contributed by atoms with van der Waals surface area (Å²) in [4.78, 5) is 12.9. The van der Waals surface area contributed by atoms with Crippen LogP contribution in [0.15, 0.2) is 52.2 Å². The zero-order valence-electron chi connectivity index (χ0n) is 15.3. The number of thiophene rings is 1. The van der Waals surface area contributed by atoms with Gasteiger partial charge < -0.3 is 0 Å². The minimum atomic E-state index is 0.0187. The molecule has 0 amide bonds. The van der Waals surface area contributed by atoms with E-state index in [0.717, 1.165) is 26.7 Å². The Morgan fingerprint density at radius 2 is 2.00 bits per heavy atom. The van der Waals surface area contributed by atoms with Crippen LogP contribution in [-0.4, -0.2) is 19.2 Å². The summed E-state index contributed by atoms with van der Waals surface area (Å²) in [5.74, 6) is 1.75. The molecule has 0 radical (unpaired) electrons. The molecule has 0 N–H and O–H groups in total. The molecule has 0 fully saturated rings. The lowest BCUT2D eigenvalue weighted by atomic mass is 10.1. The second-order valence-corrected chi connectivity index (χ2v) is 8.66. The van der Waals surface area contributed by atoms with Crippen LogP contribution in [0.2, 0.25) is 0 Å². The summed E-state index contributed by atoms with van der Waals surface area (Å²) in [6, 6.07) is 10.3. The van der Waals surface area contributed by atoms with E-state index < -0.39 is 0 Å². The number of thioether (sulfide) groups is 1. The van der Waals surface area contributed by atoms with Crippen molar-refractivity contribution < 1.29 is 0 Å². The summed E-state index contributed by atoms with van der Waals surface area (Å²) in [6.45, 7) is 8.61. The molecule has 0 unspecified atom stereocenters. The number of benzene rings is 1. The van der Waals surface area contributed by atoms with Crippen LogP contribution in [-0.2, 0) is 12.3 Å². The summed E-state index contributed by atoms with van der Waals surface area (Å²) in [5, 5.41) is 11.5. The molecular weight excluding hydrogens is 376 g/mol. The van der Waals surface area contributed by atoms with Gasteiger partial charge in [-0.1, -0.05) is 62.5 Å². The first-order chi connectivity index (χ1) is 13.1. The zero-order chi connectivity index (χ0) is 19.0. The van der Waals surface area contributed by atoms with Crippen molar-refractivity contribution in [3.05, 3.63) is 63.8 Å². The Hall–Kier alpha value is -2.38. The van der Waals surface area contributed by atoms with Gasteiger partial charge in [0.05, 0.1) is 5.52 Å². The Balaban J connectivity index is 1.76. The monoisotopic (exact) mass is 396 g/mol. The molecular formula is C20H20N4OS2. The largest absolute Gasteiger partial charge is 0.275 e. The topological polar surface area (TPSA) is 52.2 Å². The van der Waals surface area contributed by atoms with E-state index in [1.807, 2.05) is 21.9 Å². The van der Waals surface area contributed by atoms with Gasteiger partial charge in [0.25, 0.3) is 5.56 Å². The molecule has 0 aliphatic heterocycles. The molecule has 1 aromatic carbocycles. The maximum atomic E-state index is 12.9. The number of aromatic nitrogens is 4. The second kappa shape index (κ2) is 7.32. The maximum Gasteiger partial charge on any atom is 0.272 e. The van der Waals surface area contributed by atoms with Crippen LogP contribution in [0.5, 0.6) is 0 Å². The van der Waals surface area contributed by atoms with Crippen molar-refractivity contribution in [1.29, 1.82) is 0 Å². The smallest absolute Gasteiger partial charge is 0.272 e. The SMILES string of the molecule is C=Cc1ccc(CSc2nnc3n(CC(C)C)c(=O)c4sccc4n23)cc1. The van der Waals surface area contributed by atoms with Crippen molar-refractivity contribution in [1.82, 2.24) is 19.2 Å². The molecule has 4 rings (SSSR count). The van der Waals surface area contributed by atoms with E-state index in [-0.39, 0.29) is 5.56 Å². The van der Waals surface area contributed by atoms with E-state index in [4.69, 9.17) is 0 Å². The van der Waals surface area contributed by atoms with Gasteiger partial charge in [0.2, 0.25) is 5.78 Å². The fourth-order valence-electron chi connectivity index (χ4n) is 3.02. The molecule has 0 atom stereocenters. The third-order valence-electron chi connectivity index (χ3n) is 4.31. The average Bonchev–Trinajstić information content (AvgIpc) is 3.30. The summed E-state index contributed by atoms with van der Waals surface area (Å²) < 4.78 is 4.51. The van der Waals surface area contributed by atoms with E-state index in [2.05, 4.69) is 54.9 Å². The van der Waals surface area contributed by atoms with Gasteiger partial charge in [-0.2, -0.15) is 0 Å². The van der Waals surface area contributed by atoms with Crippen molar-refractivity contribution >= 4 is 45.2 Å². The normalized spacial score (nSPS) is 11.7. The number of hydrogen-bond acceptors (Lipinski definition) is 5. The first-order valence-electron chi connectivity index (χ1n) is 8.78. The Kier molecular flexibility index (Phi) is 4.88. The van der Waals surface area contributed by atoms with E-state index >= 15 is 0 Å². The highest BCUT2D eigenvalue weighted by molar-refractivity contribution is 7.98. The highest BCUT2D eigenvalue weighted by Gasteiger charge is 2.18. The lowest BCUT2D eigenvalue weighted by molar-refractivity contribution is 0.517. The fraction of sp³-hybridized carbons (Fsp3) is 0.250. The predicted molar refractivity (Wildman–Crippen MR) is 114 cm³/mol. The number of hydrogen-bond donors (Lipinski definition) is 0. The second-order valence-electron chi connectivity index (χ2n) is 6.80. The molecule has 4 aromatic rings. The average molecular weight is 397 g/mol. The molecule has 0 aliphatic carbocycles. The molecule has 27 heavy (non-hydrogen) atoms. The van der Waals surface area contributed by atoms with E-state index in [0.29, 0.717) is 18.2 Å². The number of nitrogens with zero attached hydrogens (tertiary/aromatic N) is 4. The van der Waals surface area contributed by atoms with Gasteiger partial charge >= 0.3 is 0 Å². The summed E-state index contributed by atoms with van der Waals surface area (Å²) in [5.41, 5.74) is 3.22. The van der Waals surface area contributed by atoms with Crippen molar-refractivity contribution in [2.24, 2.45) is 5.92 Å². The van der Waals surface area contributed by atoms with E-state index in [9.17, 15) is 4.79 Å². The number of rotatable bonds is 6. The molecule has 7 heteroatoms. The van der Waals surface area contributed by atoms with Gasteiger partial charge in [-0.3, -0.25) is 13.8 Å². The van der Waals surface area contributed by atoms with Crippen molar-refractivity contribution in [2.45, 2.75) is 31.3 Å². The highest BCUT2D eigenvalue weighted by atomic mass is 32.2. The first-order valence-corrected chi connectivity index (χ1v) is 10.6. The minimum absolute atomic E-state index is 0.0187. The summed E-state index contributed by atoms with van der Waals surface area (Å²) in [7, 11) is 0. The maximum absolute atomic E-state index is 12.9. The third-order valence-corrected chi connectivity index (χ3v) is 6.21. The van der Waals surface area contributed by atoms with Crippen molar-refractivity contribution in [3.63, 3.8) is 0 Å². The van der Waals surface area contributed by atoms with Crippen LogP contribution in [0, 0.1) is 5.92 Å². The van der Waals surface area contributed by atoms with Gasteiger partial charge in [0.15, 0.2) is 5.16 Å². The molecule has 3 heterocycles. The van der Waals surface area contributed by atoms with Crippen LogP contribution in [0.3, 0.4) is 0 Å². The molecule has 0 aliphatic rings. The van der Waals surface area contributed by atoms with Crippen molar-refractivity contribution in [3.8, 4) is 0 Å². The first kappa shape index (κ1) is 18.0. The highest BCUT2D eigenvalue weighted by Crippen LogP contribution is 2.26. The third kappa shape index (κ3) is 3.33. The van der Waals surface area contributed by atoms with Crippen LogP contribution < -0.4 is 5.56 Å². The van der Waals surface area contributed by atoms with Crippen LogP contribution in [0.1, 0.15) is 25.0 Å². The van der Waals surface area contributed by atoms with E-state index in [1.54, 1.807) is 16.3 Å². The minimum Gasteiger partial charge on any atom is -0.275 e. The van der Waals surface area contributed by atoms with Crippen LogP contribution in [0.25, 0.3) is 22.1 Å². The Labute approximate surface area is 165 Å². The molecule has 0 spiro atoms. The quantitative estimate of drug-likeness (QED) is 0.444. The van der Waals surface area contributed by atoms with Gasteiger partial charge in [-0.25, -0.2) is 0 Å². The van der Waals surface area contributed by atoms with Crippen molar-refractivity contribution in [2.75, 3.05) is 0 Å². The lowest BCUT2D eigenvalue weighted by Crippen LogP contribution is -2.24. The van der Waals surface area contributed by atoms with Gasteiger partial charge in [0, 0.05) is 12.3 Å². The Morgan fingerprint density at radius 3 is 2.70 bits per heavy atom. The Morgan fingerprint density at radius 1 is 1.22 bits per heavy atom. The molecule has 138 valence electrons. The van der Waals surface area contributed by atoms with E-state index in [1.165, 1.54) is 16.9 Å². The van der Waals surface area contributed by atoms with Gasteiger partial charge in [0.1, 0.15) is 4.70 Å². The summed E-state index contributed by atoms with van der Waals surface area (Å²) >= 11 is 3.10. The zero-order valence-corrected chi connectivity index (χ0v) is 16.9. The van der Waals surface area contributed by atoms with Gasteiger partial charge in [-0.05, 0) is 28.5 Å². The fourth-order valence-corrected chi connectivity index (χ4v) is 4.74. The predicted octanol–water partition coefficient (Wildman–Crippen LogP) is 4.70. The van der Waals surface area contributed by atoms with Crippen LogP contribution >= 0.6 is 23.1 Å². The molecule has 0 bridgehead atoms. The summed E-state index contributed by atoms with van der Waals surface area (Å²) in [6.07, 6.45) is 1.84. The Bertz CT molecular complexity index is 1170. The standard InChI is InChI=1S/C20H20N4OS2/c1-4-14-5-7-15(8-6-14)12-27-20-22-21-19-23(11-13(2)3)18(25)17-16(24(19)20)9-10-26-17/h4-10,13H,1,11-12H2,2-3H3. The molecule has 3 aromatic heterocycles. The van der Waals surface area contributed by atoms with Crippen LogP contribution in [0.4, 0.5) is 0 Å². The molecule has 0 saturated heterocycles.